The van der Waals surface area contributed by atoms with E-state index < -0.39 is 0 Å². The zero-order valence-electron chi connectivity index (χ0n) is 7.19. The van der Waals surface area contributed by atoms with Gasteiger partial charge < -0.3 is 0 Å². The number of allylic oxidation sites excluding steroid dienone is 1. The van der Waals surface area contributed by atoms with Gasteiger partial charge in [-0.1, -0.05) is 24.3 Å². The molecule has 0 atom stereocenters. The summed E-state index contributed by atoms with van der Waals surface area (Å²) in [5.41, 5.74) is 4.28. The van der Waals surface area contributed by atoms with E-state index in [0.29, 0.717) is 0 Å². The van der Waals surface area contributed by atoms with Gasteiger partial charge in [0.15, 0.2) is 0 Å². The van der Waals surface area contributed by atoms with E-state index in [9.17, 15) is 0 Å². The van der Waals surface area contributed by atoms with Gasteiger partial charge in [-0.25, -0.2) is 0 Å². The molecule has 0 bridgehead atoms. The van der Waals surface area contributed by atoms with E-state index in [-0.39, 0.29) is 0 Å². The fourth-order valence-electron chi connectivity index (χ4n) is 1.82. The number of hydrogen-bond donors (Lipinski definition) is 0. The van der Waals surface area contributed by atoms with Crippen LogP contribution in [-0.2, 0) is 6.42 Å². The van der Waals surface area contributed by atoms with E-state index in [1.165, 1.54) is 36.0 Å². The van der Waals surface area contributed by atoms with Gasteiger partial charge in [-0.3, -0.25) is 0 Å². The number of benzene rings is 1. The third-order valence-corrected chi connectivity index (χ3v) is 3.40. The topological polar surface area (TPSA) is 0 Å². The lowest BCUT2D eigenvalue weighted by Crippen LogP contribution is -2.01. The molecule has 0 aromatic heterocycles. The zero-order valence-corrected chi connectivity index (χ0v) is 10.4. The van der Waals surface area contributed by atoms with Crippen LogP contribution < -0.4 is 0 Å². The van der Waals surface area contributed by atoms with Crippen molar-refractivity contribution in [2.45, 2.75) is 19.3 Å². The lowest BCUT2D eigenvalue weighted by atomic mass is 9.88. The fourth-order valence-corrected chi connectivity index (χ4v) is 2.64. The third kappa shape index (κ3) is 1.89. The normalized spacial score (nSPS) is 15.4. The van der Waals surface area contributed by atoms with Gasteiger partial charge in [-0.05, 0) is 67.8 Å². The second-order valence-electron chi connectivity index (χ2n) is 3.25. The largest absolute Gasteiger partial charge is 0.0642 e. The summed E-state index contributed by atoms with van der Waals surface area (Å²) < 4.78 is 1.10. The van der Waals surface area contributed by atoms with Crippen molar-refractivity contribution in [1.29, 1.82) is 0 Å². The molecule has 0 radical (unpaired) electrons. The Labute approximate surface area is 95.3 Å². The minimum absolute atomic E-state index is 1.10. The highest BCUT2D eigenvalue weighted by Gasteiger charge is 2.14. The third-order valence-electron chi connectivity index (χ3n) is 2.44. The highest BCUT2D eigenvalue weighted by molar-refractivity contribution is 9.28. The summed E-state index contributed by atoms with van der Waals surface area (Å²) in [6, 6.07) is 8.64. The predicted octanol–water partition coefficient (Wildman–Crippen LogP) is 4.48. The number of halogens is 2. The number of hydrogen-bond acceptors (Lipinski definition) is 0. The molecule has 13 heavy (non-hydrogen) atoms. The smallest absolute Gasteiger partial charge is 0.0620 e. The molecule has 2 heteroatoms. The van der Waals surface area contributed by atoms with Crippen LogP contribution in [0.15, 0.2) is 27.7 Å². The van der Waals surface area contributed by atoms with Crippen molar-refractivity contribution >= 4 is 37.4 Å². The molecular weight excluding hydrogens is 292 g/mol. The second-order valence-corrected chi connectivity index (χ2v) is 5.90. The van der Waals surface area contributed by atoms with E-state index in [0.717, 1.165) is 3.39 Å². The molecule has 0 amide bonds. The van der Waals surface area contributed by atoms with Gasteiger partial charge in [0, 0.05) is 0 Å². The minimum Gasteiger partial charge on any atom is -0.0620 e. The molecular formula is C11H10Br2. The Hall–Kier alpha value is -0.0800. The van der Waals surface area contributed by atoms with Gasteiger partial charge in [-0.2, -0.15) is 0 Å². The monoisotopic (exact) mass is 300 g/mol. The summed E-state index contributed by atoms with van der Waals surface area (Å²) in [5, 5.41) is 0. The first-order chi connectivity index (χ1) is 6.29. The van der Waals surface area contributed by atoms with Crippen molar-refractivity contribution in [3.8, 4) is 0 Å². The van der Waals surface area contributed by atoms with E-state index in [1.807, 2.05) is 0 Å². The summed E-state index contributed by atoms with van der Waals surface area (Å²) in [6.07, 6.45) is 3.64. The molecule has 1 aliphatic carbocycles. The summed E-state index contributed by atoms with van der Waals surface area (Å²) in [7, 11) is 0. The van der Waals surface area contributed by atoms with Crippen LogP contribution in [0.3, 0.4) is 0 Å². The Morgan fingerprint density at radius 3 is 2.62 bits per heavy atom. The fraction of sp³-hybridized carbons (Fsp3) is 0.273. The van der Waals surface area contributed by atoms with Crippen molar-refractivity contribution in [3.63, 3.8) is 0 Å². The molecule has 0 N–H and O–H groups in total. The van der Waals surface area contributed by atoms with Crippen LogP contribution >= 0.6 is 31.9 Å². The molecule has 0 spiro atoms. The Balaban J connectivity index is 2.55. The van der Waals surface area contributed by atoms with Crippen LogP contribution in [0.25, 0.3) is 5.57 Å². The number of aryl methyl sites for hydroxylation is 1. The molecule has 1 aromatic carbocycles. The van der Waals surface area contributed by atoms with Crippen molar-refractivity contribution < 1.29 is 0 Å². The number of fused-ring (bicyclic) bond motifs is 1. The lowest BCUT2D eigenvalue weighted by Gasteiger charge is -2.18. The maximum absolute atomic E-state index is 3.50. The highest BCUT2D eigenvalue weighted by atomic mass is 79.9. The first-order valence-electron chi connectivity index (χ1n) is 4.41. The molecule has 2 rings (SSSR count). The Bertz CT molecular complexity index is 349. The summed E-state index contributed by atoms with van der Waals surface area (Å²) in [4.78, 5) is 0. The number of rotatable bonds is 0. The average molecular weight is 302 g/mol. The van der Waals surface area contributed by atoms with Crippen LogP contribution in [0, 0.1) is 0 Å². The molecule has 0 nitrogen and oxygen atoms in total. The quantitative estimate of drug-likeness (QED) is 0.663. The van der Waals surface area contributed by atoms with Crippen molar-refractivity contribution in [3.05, 3.63) is 38.8 Å². The molecule has 0 saturated carbocycles. The van der Waals surface area contributed by atoms with E-state index in [2.05, 4.69) is 56.1 Å². The molecule has 0 heterocycles. The summed E-state index contributed by atoms with van der Waals surface area (Å²) in [5.74, 6) is 0. The first-order valence-corrected chi connectivity index (χ1v) is 6.00. The molecule has 0 saturated heterocycles. The molecule has 0 aliphatic heterocycles. The maximum atomic E-state index is 3.50. The van der Waals surface area contributed by atoms with Crippen LogP contribution in [0.4, 0.5) is 0 Å². The highest BCUT2D eigenvalue weighted by Crippen LogP contribution is 2.36. The Kier molecular flexibility index (Phi) is 2.89. The van der Waals surface area contributed by atoms with Crippen LogP contribution in [-0.4, -0.2) is 0 Å². The molecule has 1 aromatic rings. The maximum Gasteiger partial charge on any atom is 0.0642 e. The van der Waals surface area contributed by atoms with E-state index in [1.54, 1.807) is 0 Å². The van der Waals surface area contributed by atoms with Crippen molar-refractivity contribution in [2.24, 2.45) is 0 Å². The van der Waals surface area contributed by atoms with E-state index in [4.69, 9.17) is 0 Å². The summed E-state index contributed by atoms with van der Waals surface area (Å²) in [6.45, 7) is 0. The van der Waals surface area contributed by atoms with Gasteiger partial charge >= 0.3 is 0 Å². The van der Waals surface area contributed by atoms with Gasteiger partial charge in [-0.15, -0.1) is 0 Å². The van der Waals surface area contributed by atoms with Crippen LogP contribution in [0.1, 0.15) is 24.0 Å². The summed E-state index contributed by atoms with van der Waals surface area (Å²) >= 11 is 7.00. The van der Waals surface area contributed by atoms with Crippen molar-refractivity contribution in [1.82, 2.24) is 0 Å². The van der Waals surface area contributed by atoms with Crippen molar-refractivity contribution in [2.75, 3.05) is 0 Å². The zero-order chi connectivity index (χ0) is 9.26. The second kappa shape index (κ2) is 3.97. The van der Waals surface area contributed by atoms with Gasteiger partial charge in [0.2, 0.25) is 0 Å². The van der Waals surface area contributed by atoms with Gasteiger partial charge in [0.1, 0.15) is 0 Å². The molecule has 0 fully saturated rings. The van der Waals surface area contributed by atoms with Crippen LogP contribution in [0.2, 0.25) is 0 Å². The van der Waals surface area contributed by atoms with Gasteiger partial charge in [0.05, 0.1) is 3.39 Å². The SMILES string of the molecule is BrC(Br)=C1CCCc2ccccc21. The van der Waals surface area contributed by atoms with Gasteiger partial charge in [0.25, 0.3) is 0 Å². The molecule has 68 valence electrons. The average Bonchev–Trinajstić information content (AvgIpc) is 2.17. The lowest BCUT2D eigenvalue weighted by molar-refractivity contribution is 0.823. The Morgan fingerprint density at radius 1 is 1.08 bits per heavy atom. The predicted molar refractivity (Wildman–Crippen MR) is 64.2 cm³/mol. The van der Waals surface area contributed by atoms with Crippen LogP contribution in [0.5, 0.6) is 0 Å². The standard InChI is InChI=1S/C11H10Br2/c12-11(13)10-7-3-5-8-4-1-2-6-9(8)10/h1-2,4,6H,3,5,7H2. The Morgan fingerprint density at radius 2 is 1.85 bits per heavy atom. The molecule has 0 unspecified atom stereocenters. The van der Waals surface area contributed by atoms with E-state index >= 15 is 0 Å². The first kappa shape index (κ1) is 9.47. The minimum atomic E-state index is 1.10. The molecule has 1 aliphatic rings.